The molecular formula is C24H22N5+. The van der Waals surface area contributed by atoms with E-state index in [-0.39, 0.29) is 0 Å². The number of para-hydroxylation sites is 3. The van der Waals surface area contributed by atoms with Crippen molar-refractivity contribution in [2.45, 2.75) is 0 Å². The predicted molar refractivity (Wildman–Crippen MR) is 117 cm³/mol. The fourth-order valence-electron chi connectivity index (χ4n) is 4.10. The molecule has 0 aliphatic carbocycles. The van der Waals surface area contributed by atoms with Crippen molar-refractivity contribution in [1.82, 2.24) is 9.13 Å². The molecule has 5 heteroatoms. The third-order valence-corrected chi connectivity index (χ3v) is 5.57. The molecule has 0 bridgehead atoms. The number of aromatic nitrogens is 3. The second kappa shape index (κ2) is 6.71. The molecule has 0 amide bonds. The molecule has 0 unspecified atom stereocenters. The summed E-state index contributed by atoms with van der Waals surface area (Å²) in [6, 6.07) is 27.0. The Bertz CT molecular complexity index is 1330. The third kappa shape index (κ3) is 2.66. The van der Waals surface area contributed by atoms with Crippen molar-refractivity contribution in [2.24, 2.45) is 31.4 Å². The van der Waals surface area contributed by atoms with Crippen molar-refractivity contribution >= 4 is 33.6 Å². The number of azo groups is 1. The molecule has 0 aliphatic heterocycles. The highest BCUT2D eigenvalue weighted by molar-refractivity contribution is 6.00. The summed E-state index contributed by atoms with van der Waals surface area (Å²) < 4.78 is 6.35. The van der Waals surface area contributed by atoms with Crippen LogP contribution in [0.5, 0.6) is 0 Å². The van der Waals surface area contributed by atoms with Crippen LogP contribution in [0.3, 0.4) is 0 Å². The van der Waals surface area contributed by atoms with E-state index in [2.05, 4.69) is 75.3 Å². The normalized spacial score (nSPS) is 11.8. The summed E-state index contributed by atoms with van der Waals surface area (Å²) in [4.78, 5) is 0. The number of benzene rings is 3. The number of imidazole rings is 1. The van der Waals surface area contributed by atoms with Gasteiger partial charge in [-0.1, -0.05) is 65.8 Å². The molecule has 0 N–H and O–H groups in total. The van der Waals surface area contributed by atoms with Gasteiger partial charge in [-0.25, -0.2) is 9.13 Å². The fraction of sp³-hybridized carbons (Fsp3) is 0.125. The Morgan fingerprint density at radius 2 is 1.34 bits per heavy atom. The molecule has 0 fully saturated rings. The van der Waals surface area contributed by atoms with Gasteiger partial charge in [-0.2, -0.15) is 0 Å². The predicted octanol–water partition coefficient (Wildman–Crippen LogP) is 5.58. The quantitative estimate of drug-likeness (QED) is 0.290. The summed E-state index contributed by atoms with van der Waals surface area (Å²) in [5.41, 5.74) is 6.48. The molecule has 0 aliphatic rings. The maximum Gasteiger partial charge on any atom is 0.422 e. The van der Waals surface area contributed by atoms with Gasteiger partial charge < -0.3 is 4.57 Å². The molecule has 0 saturated carbocycles. The lowest BCUT2D eigenvalue weighted by atomic mass is 10.1. The highest BCUT2D eigenvalue weighted by Gasteiger charge is 2.21. The van der Waals surface area contributed by atoms with Gasteiger partial charge in [0, 0.05) is 23.1 Å². The molecule has 0 radical (unpaired) electrons. The van der Waals surface area contributed by atoms with Crippen LogP contribution in [0.15, 0.2) is 89.1 Å². The lowest BCUT2D eigenvalue weighted by Gasteiger charge is -2.04. The summed E-state index contributed by atoms with van der Waals surface area (Å²) >= 11 is 0. The minimum atomic E-state index is 0.804. The SMILES string of the molecule is Cn1c(-c2ccccc2)c(/N=N/c2n(C)c3ccccc3[n+]2C)c2ccccc21. The molecule has 5 rings (SSSR count). The van der Waals surface area contributed by atoms with Crippen molar-refractivity contribution in [2.75, 3.05) is 0 Å². The number of rotatable bonds is 3. The minimum absolute atomic E-state index is 0.804. The molecule has 142 valence electrons. The van der Waals surface area contributed by atoms with Gasteiger partial charge in [-0.15, -0.1) is 0 Å². The van der Waals surface area contributed by atoms with Crippen molar-refractivity contribution in [3.05, 3.63) is 78.9 Å². The Kier molecular flexibility index (Phi) is 4.02. The van der Waals surface area contributed by atoms with Crippen LogP contribution in [0.4, 0.5) is 11.6 Å². The Hall–Kier alpha value is -3.73. The topological polar surface area (TPSA) is 38.5 Å². The Morgan fingerprint density at radius 3 is 2.10 bits per heavy atom. The van der Waals surface area contributed by atoms with Gasteiger partial charge >= 0.3 is 5.95 Å². The van der Waals surface area contributed by atoms with Crippen LogP contribution in [0.1, 0.15) is 0 Å². The van der Waals surface area contributed by atoms with Gasteiger partial charge in [0.2, 0.25) is 0 Å². The van der Waals surface area contributed by atoms with Gasteiger partial charge in [0.05, 0.1) is 25.3 Å². The van der Waals surface area contributed by atoms with Crippen molar-refractivity contribution in [3.63, 3.8) is 0 Å². The monoisotopic (exact) mass is 380 g/mol. The van der Waals surface area contributed by atoms with Gasteiger partial charge in [-0.05, 0) is 18.2 Å². The zero-order chi connectivity index (χ0) is 20.0. The van der Waals surface area contributed by atoms with Crippen molar-refractivity contribution < 1.29 is 4.57 Å². The lowest BCUT2D eigenvalue weighted by molar-refractivity contribution is -0.632. The lowest BCUT2D eigenvalue weighted by Crippen LogP contribution is -2.26. The number of aryl methyl sites for hydroxylation is 3. The standard InChI is InChI=1S/C24H22N5/c1-27-19-14-8-7-13-18(19)22(23(27)17-11-5-4-6-12-17)25-26-24-28(2)20-15-9-10-16-21(20)29(24)3/h4-16H,1-3H3/q+1. The first-order chi connectivity index (χ1) is 14.2. The largest absolute Gasteiger partial charge is 0.422 e. The Balaban J connectivity index is 1.74. The zero-order valence-corrected chi connectivity index (χ0v) is 16.7. The van der Waals surface area contributed by atoms with Gasteiger partial charge in [-0.3, -0.25) is 0 Å². The second-order valence-corrected chi connectivity index (χ2v) is 7.25. The molecule has 29 heavy (non-hydrogen) atoms. The number of nitrogens with zero attached hydrogens (tertiary/aromatic N) is 5. The van der Waals surface area contributed by atoms with Crippen molar-refractivity contribution in [3.8, 4) is 11.3 Å². The van der Waals surface area contributed by atoms with Crippen LogP contribution in [-0.2, 0) is 21.1 Å². The first-order valence-electron chi connectivity index (χ1n) is 9.65. The number of fused-ring (bicyclic) bond motifs is 2. The second-order valence-electron chi connectivity index (χ2n) is 7.25. The van der Waals surface area contributed by atoms with E-state index in [0.717, 1.165) is 44.8 Å². The van der Waals surface area contributed by atoms with Crippen LogP contribution in [0, 0.1) is 0 Å². The van der Waals surface area contributed by atoms with E-state index in [0.29, 0.717) is 0 Å². The maximum absolute atomic E-state index is 4.78. The van der Waals surface area contributed by atoms with Crippen LogP contribution in [0.2, 0.25) is 0 Å². The summed E-state index contributed by atoms with van der Waals surface area (Å²) in [5.74, 6) is 0.804. The molecule has 5 aromatic rings. The summed E-state index contributed by atoms with van der Waals surface area (Å²) in [6.07, 6.45) is 0. The van der Waals surface area contributed by atoms with Crippen LogP contribution >= 0.6 is 0 Å². The molecule has 0 spiro atoms. The molecule has 0 saturated heterocycles. The van der Waals surface area contributed by atoms with E-state index in [9.17, 15) is 0 Å². The first-order valence-corrected chi connectivity index (χ1v) is 9.65. The summed E-state index contributed by atoms with van der Waals surface area (Å²) in [7, 11) is 6.14. The molecule has 0 atom stereocenters. The van der Waals surface area contributed by atoms with E-state index < -0.39 is 0 Å². The molecule has 3 aromatic carbocycles. The highest BCUT2D eigenvalue weighted by Crippen LogP contribution is 2.40. The van der Waals surface area contributed by atoms with Gasteiger partial charge in [0.1, 0.15) is 16.7 Å². The van der Waals surface area contributed by atoms with E-state index in [1.54, 1.807) is 0 Å². The smallest absolute Gasteiger partial charge is 0.342 e. The van der Waals surface area contributed by atoms with E-state index in [1.165, 1.54) is 0 Å². The van der Waals surface area contributed by atoms with Crippen LogP contribution in [-0.4, -0.2) is 9.13 Å². The number of hydrogen-bond acceptors (Lipinski definition) is 2. The number of hydrogen-bond donors (Lipinski definition) is 0. The highest BCUT2D eigenvalue weighted by atomic mass is 15.3. The Labute approximate surface area is 169 Å². The first kappa shape index (κ1) is 17.4. The Morgan fingerprint density at radius 1 is 0.690 bits per heavy atom. The average molecular weight is 380 g/mol. The molecule has 2 aromatic heterocycles. The van der Waals surface area contributed by atoms with Crippen LogP contribution in [0.25, 0.3) is 33.2 Å². The summed E-state index contributed by atoms with van der Waals surface area (Å²) in [6.45, 7) is 0. The van der Waals surface area contributed by atoms with E-state index >= 15 is 0 Å². The summed E-state index contributed by atoms with van der Waals surface area (Å²) in [5, 5.41) is 10.6. The van der Waals surface area contributed by atoms with Crippen LogP contribution < -0.4 is 4.57 Å². The molecule has 5 nitrogen and oxygen atoms in total. The van der Waals surface area contributed by atoms with Crippen molar-refractivity contribution in [1.29, 1.82) is 0 Å². The average Bonchev–Trinajstić information content (AvgIpc) is 3.19. The molecule has 2 heterocycles. The third-order valence-electron chi connectivity index (χ3n) is 5.57. The molecular weight excluding hydrogens is 358 g/mol. The van der Waals surface area contributed by atoms with E-state index in [4.69, 9.17) is 10.2 Å². The van der Waals surface area contributed by atoms with Gasteiger partial charge in [0.15, 0.2) is 0 Å². The fourth-order valence-corrected chi connectivity index (χ4v) is 4.10. The van der Waals surface area contributed by atoms with E-state index in [1.807, 2.05) is 38.4 Å². The maximum atomic E-state index is 4.78. The minimum Gasteiger partial charge on any atom is -0.342 e. The zero-order valence-electron chi connectivity index (χ0n) is 16.7. The van der Waals surface area contributed by atoms with Gasteiger partial charge in [0.25, 0.3) is 0 Å².